The molecule has 1 aromatic heterocycles. The summed E-state index contributed by atoms with van der Waals surface area (Å²) in [6, 6.07) is 18.0. The highest BCUT2D eigenvalue weighted by atomic mass is 19.1. The lowest BCUT2D eigenvalue weighted by molar-refractivity contribution is 0.102. The second-order valence-electron chi connectivity index (χ2n) is 6.53. The number of nitrogens with one attached hydrogen (secondary N) is 2. The minimum absolute atomic E-state index is 0.0131. The first kappa shape index (κ1) is 17.0. The van der Waals surface area contributed by atoms with E-state index in [0.29, 0.717) is 5.82 Å². The highest BCUT2D eigenvalue weighted by Crippen LogP contribution is 2.31. The van der Waals surface area contributed by atoms with Gasteiger partial charge in [0.1, 0.15) is 5.82 Å². The van der Waals surface area contributed by atoms with Crippen molar-refractivity contribution in [1.82, 2.24) is 10.2 Å². The summed E-state index contributed by atoms with van der Waals surface area (Å²) in [6.45, 7) is 4.17. The van der Waals surface area contributed by atoms with E-state index in [1.165, 1.54) is 28.8 Å². The van der Waals surface area contributed by atoms with Gasteiger partial charge < -0.3 is 5.32 Å². The summed E-state index contributed by atoms with van der Waals surface area (Å²) in [7, 11) is 0. The second-order valence-corrected chi connectivity index (χ2v) is 6.53. The van der Waals surface area contributed by atoms with Gasteiger partial charge in [-0.1, -0.05) is 36.4 Å². The van der Waals surface area contributed by atoms with Crippen LogP contribution in [-0.2, 0) is 0 Å². The Kier molecular flexibility index (Phi) is 4.20. The van der Waals surface area contributed by atoms with Gasteiger partial charge in [0.05, 0.1) is 11.1 Å². The van der Waals surface area contributed by atoms with Crippen molar-refractivity contribution in [2.75, 3.05) is 5.32 Å². The van der Waals surface area contributed by atoms with Crippen molar-refractivity contribution in [3.8, 4) is 11.1 Å². The molecule has 4 rings (SSSR count). The average Bonchev–Trinajstić information content (AvgIpc) is 3.04. The van der Waals surface area contributed by atoms with E-state index in [1.807, 2.05) is 24.3 Å². The van der Waals surface area contributed by atoms with Crippen LogP contribution in [0.3, 0.4) is 0 Å². The molecule has 3 aromatic carbocycles. The number of aryl methyl sites for hydroxylation is 2. The molecule has 4 aromatic rings. The van der Waals surface area contributed by atoms with Crippen molar-refractivity contribution in [1.29, 1.82) is 0 Å². The van der Waals surface area contributed by atoms with Crippen LogP contribution in [0.4, 0.5) is 10.2 Å². The largest absolute Gasteiger partial charge is 0.304 e. The SMILES string of the molecule is Cc1cccc(C)c1-c1ccc2c(NC(=O)c3ccccc3F)n[nH]c2c1. The van der Waals surface area contributed by atoms with E-state index in [4.69, 9.17) is 0 Å². The van der Waals surface area contributed by atoms with Gasteiger partial charge in [-0.15, -0.1) is 0 Å². The highest BCUT2D eigenvalue weighted by molar-refractivity contribution is 6.08. The molecule has 0 saturated carbocycles. The van der Waals surface area contributed by atoms with Crippen molar-refractivity contribution in [2.24, 2.45) is 0 Å². The molecule has 0 spiro atoms. The Morgan fingerprint density at radius 1 is 1.00 bits per heavy atom. The van der Waals surface area contributed by atoms with E-state index in [9.17, 15) is 9.18 Å². The quantitative estimate of drug-likeness (QED) is 0.526. The standard InChI is InChI=1S/C22H18FN3O/c1-13-6-5-7-14(2)20(13)15-10-11-17-19(12-15)25-26-21(17)24-22(27)16-8-3-4-9-18(16)23/h3-12H,1-2H3,(H2,24,25,26,27). The molecule has 0 aliphatic carbocycles. The van der Waals surface area contributed by atoms with E-state index < -0.39 is 11.7 Å². The molecule has 1 heterocycles. The number of hydrogen-bond acceptors (Lipinski definition) is 2. The zero-order valence-corrected chi connectivity index (χ0v) is 15.0. The summed E-state index contributed by atoms with van der Waals surface area (Å²) in [5.74, 6) is -0.709. The topological polar surface area (TPSA) is 57.8 Å². The van der Waals surface area contributed by atoms with Crippen LogP contribution in [0.25, 0.3) is 22.0 Å². The fraction of sp³-hybridized carbons (Fsp3) is 0.0909. The van der Waals surface area contributed by atoms with Gasteiger partial charge >= 0.3 is 0 Å². The number of carbonyl (C=O) groups is 1. The molecule has 5 heteroatoms. The van der Waals surface area contributed by atoms with E-state index >= 15 is 0 Å². The van der Waals surface area contributed by atoms with Crippen LogP contribution >= 0.6 is 0 Å². The van der Waals surface area contributed by atoms with E-state index in [2.05, 4.69) is 41.5 Å². The predicted octanol–water partition coefficient (Wildman–Crippen LogP) is 5.24. The van der Waals surface area contributed by atoms with Crippen LogP contribution in [0.1, 0.15) is 21.5 Å². The number of H-pyrrole nitrogens is 1. The number of carbonyl (C=O) groups excluding carboxylic acids is 1. The number of aromatic amines is 1. The first-order chi connectivity index (χ1) is 13.0. The van der Waals surface area contributed by atoms with Crippen molar-refractivity contribution in [3.05, 3.63) is 83.2 Å². The number of amides is 1. The van der Waals surface area contributed by atoms with E-state index in [-0.39, 0.29) is 5.56 Å². The van der Waals surface area contributed by atoms with Gasteiger partial charge in [0.25, 0.3) is 5.91 Å². The molecule has 1 amide bonds. The van der Waals surface area contributed by atoms with E-state index in [0.717, 1.165) is 16.5 Å². The Morgan fingerprint density at radius 2 is 1.74 bits per heavy atom. The molecular formula is C22H18FN3O. The molecule has 0 bridgehead atoms. The third kappa shape index (κ3) is 3.08. The molecule has 0 radical (unpaired) electrons. The molecule has 0 aliphatic rings. The summed E-state index contributed by atoms with van der Waals surface area (Å²) in [5.41, 5.74) is 5.45. The number of halogens is 1. The Morgan fingerprint density at radius 3 is 2.48 bits per heavy atom. The van der Waals surface area contributed by atoms with Crippen LogP contribution in [0.5, 0.6) is 0 Å². The molecule has 0 aliphatic heterocycles. The maximum Gasteiger partial charge on any atom is 0.259 e. The Labute approximate surface area is 156 Å². The second kappa shape index (κ2) is 6.68. The van der Waals surface area contributed by atoms with Crippen molar-refractivity contribution >= 4 is 22.6 Å². The molecule has 2 N–H and O–H groups in total. The third-order valence-electron chi connectivity index (χ3n) is 4.68. The summed E-state index contributed by atoms with van der Waals surface area (Å²) in [4.78, 5) is 12.3. The number of fused-ring (bicyclic) bond motifs is 1. The average molecular weight is 359 g/mol. The molecule has 0 fully saturated rings. The summed E-state index contributed by atoms with van der Waals surface area (Å²) in [6.07, 6.45) is 0. The third-order valence-corrected chi connectivity index (χ3v) is 4.68. The summed E-state index contributed by atoms with van der Waals surface area (Å²) >= 11 is 0. The lowest BCUT2D eigenvalue weighted by Crippen LogP contribution is -2.14. The number of anilines is 1. The van der Waals surface area contributed by atoms with E-state index in [1.54, 1.807) is 12.1 Å². The van der Waals surface area contributed by atoms with Crippen molar-refractivity contribution < 1.29 is 9.18 Å². The van der Waals surface area contributed by atoms with Gasteiger partial charge in [0.2, 0.25) is 0 Å². The maximum atomic E-state index is 13.8. The van der Waals surface area contributed by atoms with Gasteiger partial charge in [0.15, 0.2) is 5.82 Å². The zero-order valence-electron chi connectivity index (χ0n) is 15.0. The molecular weight excluding hydrogens is 341 g/mol. The monoisotopic (exact) mass is 359 g/mol. The highest BCUT2D eigenvalue weighted by Gasteiger charge is 2.15. The van der Waals surface area contributed by atoms with Crippen LogP contribution in [0.15, 0.2) is 60.7 Å². The van der Waals surface area contributed by atoms with Crippen molar-refractivity contribution in [3.63, 3.8) is 0 Å². The lowest BCUT2D eigenvalue weighted by Gasteiger charge is -2.10. The number of benzene rings is 3. The Balaban J connectivity index is 1.69. The summed E-state index contributed by atoms with van der Waals surface area (Å²) < 4.78 is 13.8. The fourth-order valence-corrected chi connectivity index (χ4v) is 3.36. The normalized spacial score (nSPS) is 10.9. The Hall–Kier alpha value is -3.47. The minimum Gasteiger partial charge on any atom is -0.304 e. The number of nitrogens with zero attached hydrogens (tertiary/aromatic N) is 1. The van der Waals surface area contributed by atoms with Crippen molar-refractivity contribution in [2.45, 2.75) is 13.8 Å². The molecule has 0 unspecified atom stereocenters. The van der Waals surface area contributed by atoms with Crippen LogP contribution in [-0.4, -0.2) is 16.1 Å². The molecule has 0 saturated heterocycles. The smallest absolute Gasteiger partial charge is 0.259 e. The lowest BCUT2D eigenvalue weighted by atomic mass is 9.95. The number of hydrogen-bond donors (Lipinski definition) is 2. The summed E-state index contributed by atoms with van der Waals surface area (Å²) in [5, 5.41) is 10.6. The zero-order chi connectivity index (χ0) is 19.0. The van der Waals surface area contributed by atoms with Crippen LogP contribution < -0.4 is 5.32 Å². The van der Waals surface area contributed by atoms with Gasteiger partial charge in [-0.2, -0.15) is 5.10 Å². The van der Waals surface area contributed by atoms with Crippen LogP contribution in [0, 0.1) is 19.7 Å². The van der Waals surface area contributed by atoms with Gasteiger partial charge in [-0.3, -0.25) is 9.89 Å². The number of rotatable bonds is 3. The predicted molar refractivity (Wildman–Crippen MR) is 105 cm³/mol. The minimum atomic E-state index is -0.563. The first-order valence-electron chi connectivity index (χ1n) is 8.65. The molecule has 0 atom stereocenters. The fourth-order valence-electron chi connectivity index (χ4n) is 3.36. The van der Waals surface area contributed by atoms with Gasteiger partial charge in [-0.25, -0.2) is 4.39 Å². The van der Waals surface area contributed by atoms with Gasteiger partial charge in [0, 0.05) is 5.39 Å². The molecule has 4 nitrogen and oxygen atoms in total. The maximum absolute atomic E-state index is 13.8. The first-order valence-corrected chi connectivity index (χ1v) is 8.65. The number of aromatic nitrogens is 2. The Bertz CT molecular complexity index is 1140. The van der Waals surface area contributed by atoms with Gasteiger partial charge in [-0.05, 0) is 60.4 Å². The molecule has 27 heavy (non-hydrogen) atoms. The molecule has 134 valence electrons. The van der Waals surface area contributed by atoms with Crippen LogP contribution in [0.2, 0.25) is 0 Å².